The second kappa shape index (κ2) is 8.31. The first-order valence-corrected chi connectivity index (χ1v) is 8.62. The van der Waals surface area contributed by atoms with E-state index in [1.54, 1.807) is 6.07 Å². The molecule has 1 saturated heterocycles. The fourth-order valence-electron chi connectivity index (χ4n) is 2.51. The van der Waals surface area contributed by atoms with Crippen molar-refractivity contribution in [1.82, 2.24) is 10.3 Å². The molecule has 1 aliphatic heterocycles. The first-order chi connectivity index (χ1) is 11.0. The second-order valence-corrected chi connectivity index (χ2v) is 7.12. The van der Waals surface area contributed by atoms with E-state index >= 15 is 0 Å². The van der Waals surface area contributed by atoms with Crippen LogP contribution in [-0.4, -0.2) is 29.0 Å². The van der Waals surface area contributed by atoms with Crippen molar-refractivity contribution in [3.63, 3.8) is 0 Å². The molecule has 1 aliphatic rings. The number of hydrogen-bond donors (Lipinski definition) is 1. The molecule has 3 rings (SSSR count). The summed E-state index contributed by atoms with van der Waals surface area (Å²) in [4.78, 5) is 16.5. The van der Waals surface area contributed by atoms with Crippen LogP contribution in [0.5, 0.6) is 0 Å². The van der Waals surface area contributed by atoms with Gasteiger partial charge in [-0.1, -0.05) is 29.3 Å². The first-order valence-electron chi connectivity index (χ1n) is 7.05. The third-order valence-corrected chi connectivity index (χ3v) is 5.31. The second-order valence-electron chi connectivity index (χ2n) is 5.29. The molecule has 1 atom stereocenters. The average Bonchev–Trinajstić information content (AvgIpc) is 3.15. The van der Waals surface area contributed by atoms with E-state index in [4.69, 9.17) is 23.2 Å². The average molecular weight is 410 g/mol. The van der Waals surface area contributed by atoms with Crippen LogP contribution in [0.15, 0.2) is 24.4 Å². The maximum Gasteiger partial charge on any atom is 0.345 e. The van der Waals surface area contributed by atoms with Crippen molar-refractivity contribution in [3.05, 3.63) is 50.1 Å². The van der Waals surface area contributed by atoms with Crippen LogP contribution in [-0.2, 0) is 6.54 Å². The Hall–Kier alpha value is -1.12. The highest BCUT2D eigenvalue weighted by atomic mass is 35.5. The minimum absolute atomic E-state index is 0. The number of aromatic nitrogens is 1. The van der Waals surface area contributed by atoms with Crippen LogP contribution in [0.4, 0.5) is 10.1 Å². The zero-order valence-corrected chi connectivity index (χ0v) is 15.6. The van der Waals surface area contributed by atoms with Gasteiger partial charge in [0, 0.05) is 35.7 Å². The Morgan fingerprint density at radius 3 is 2.92 bits per heavy atom. The molecule has 2 heterocycles. The summed E-state index contributed by atoms with van der Waals surface area (Å²) in [7, 11) is 0. The number of rotatable bonds is 5. The van der Waals surface area contributed by atoms with Crippen molar-refractivity contribution in [3.8, 4) is 0 Å². The quantitative estimate of drug-likeness (QED) is 0.593. The third kappa shape index (κ3) is 4.49. The number of nitro groups is 1. The van der Waals surface area contributed by atoms with E-state index in [9.17, 15) is 10.1 Å². The fraction of sp³-hybridized carbons (Fsp3) is 0.357. The van der Waals surface area contributed by atoms with Gasteiger partial charge in [-0.2, -0.15) is 0 Å². The molecule has 130 valence electrons. The number of nitrogens with zero attached hydrogens (tertiary/aromatic N) is 3. The van der Waals surface area contributed by atoms with Gasteiger partial charge in [-0.3, -0.25) is 10.1 Å². The Labute approximate surface area is 159 Å². The summed E-state index contributed by atoms with van der Waals surface area (Å²) in [5.74, 6) is 0. The smallest absolute Gasteiger partial charge is 0.345 e. The summed E-state index contributed by atoms with van der Waals surface area (Å²) in [5, 5.41) is 16.2. The van der Waals surface area contributed by atoms with Crippen LogP contribution >= 0.6 is 46.9 Å². The lowest BCUT2D eigenvalue weighted by atomic mass is 10.2. The van der Waals surface area contributed by atoms with Crippen molar-refractivity contribution in [2.24, 2.45) is 0 Å². The van der Waals surface area contributed by atoms with E-state index < -0.39 is 4.92 Å². The summed E-state index contributed by atoms with van der Waals surface area (Å²) < 4.78 is 0. The molecule has 0 unspecified atom stereocenters. The zero-order chi connectivity index (χ0) is 16.4. The van der Waals surface area contributed by atoms with Gasteiger partial charge in [-0.15, -0.1) is 12.4 Å². The normalized spacial score (nSPS) is 16.9. The van der Waals surface area contributed by atoms with Crippen molar-refractivity contribution in [2.45, 2.75) is 19.0 Å². The van der Waals surface area contributed by atoms with E-state index in [0.717, 1.165) is 36.4 Å². The highest BCUT2D eigenvalue weighted by molar-refractivity contribution is 7.18. The highest BCUT2D eigenvalue weighted by Crippen LogP contribution is 2.30. The lowest BCUT2D eigenvalue weighted by Crippen LogP contribution is -2.32. The van der Waals surface area contributed by atoms with Crippen molar-refractivity contribution in [2.75, 3.05) is 18.0 Å². The number of thiazole rings is 1. The molecule has 6 nitrogen and oxygen atoms in total. The number of anilines is 1. The Bertz CT molecular complexity index is 728. The summed E-state index contributed by atoms with van der Waals surface area (Å²) in [6, 6.07) is 5.76. The van der Waals surface area contributed by atoms with E-state index in [2.05, 4.69) is 15.2 Å². The molecule has 1 aromatic heterocycles. The predicted octanol–water partition coefficient (Wildman–Crippen LogP) is 4.15. The Balaban J connectivity index is 0.00000208. The van der Waals surface area contributed by atoms with Gasteiger partial charge in [-0.05, 0) is 35.5 Å². The number of nitrogens with one attached hydrogen (secondary N) is 1. The minimum atomic E-state index is -0.407. The molecular weight excluding hydrogens is 395 g/mol. The largest absolute Gasteiger partial charge is 0.346 e. The van der Waals surface area contributed by atoms with Gasteiger partial charge in [0.25, 0.3) is 0 Å². The lowest BCUT2D eigenvalue weighted by Gasteiger charge is -2.16. The lowest BCUT2D eigenvalue weighted by molar-refractivity contribution is -0.380. The molecule has 1 N–H and O–H groups in total. The molecule has 0 saturated carbocycles. The van der Waals surface area contributed by atoms with E-state index in [0.29, 0.717) is 27.8 Å². The standard InChI is InChI=1S/C14H14Cl2N4O2S.ClH/c15-10-2-1-9(12(16)5-10)6-17-11-3-4-19(8-11)14-18-7-13(23-14)20(21)22;/h1-2,5,7,11,17H,3-4,6,8H2;1H/t11-;/m0./s1. The molecule has 0 bridgehead atoms. The van der Waals surface area contributed by atoms with E-state index in [1.807, 2.05) is 12.1 Å². The monoisotopic (exact) mass is 408 g/mol. The Kier molecular flexibility index (Phi) is 6.65. The van der Waals surface area contributed by atoms with Gasteiger partial charge in [0.15, 0.2) is 5.13 Å². The van der Waals surface area contributed by atoms with Crippen molar-refractivity contribution in [1.29, 1.82) is 0 Å². The van der Waals surface area contributed by atoms with Crippen LogP contribution in [0, 0.1) is 10.1 Å². The topological polar surface area (TPSA) is 71.3 Å². The summed E-state index contributed by atoms with van der Waals surface area (Å²) >= 11 is 13.2. The maximum absolute atomic E-state index is 10.7. The van der Waals surface area contributed by atoms with Crippen molar-refractivity contribution >= 4 is 57.1 Å². The van der Waals surface area contributed by atoms with Gasteiger partial charge in [0.05, 0.1) is 4.92 Å². The molecule has 2 aromatic rings. The maximum atomic E-state index is 10.7. The summed E-state index contributed by atoms with van der Waals surface area (Å²) in [6.45, 7) is 2.26. The predicted molar refractivity (Wildman–Crippen MR) is 99.9 cm³/mol. The molecule has 24 heavy (non-hydrogen) atoms. The zero-order valence-electron chi connectivity index (χ0n) is 12.4. The molecule has 10 heteroatoms. The van der Waals surface area contributed by atoms with Gasteiger partial charge in [0.2, 0.25) is 0 Å². The van der Waals surface area contributed by atoms with Crippen LogP contribution in [0.25, 0.3) is 0 Å². The third-order valence-electron chi connectivity index (χ3n) is 3.72. The van der Waals surface area contributed by atoms with E-state index in [-0.39, 0.29) is 17.4 Å². The summed E-state index contributed by atoms with van der Waals surface area (Å²) in [6.07, 6.45) is 2.27. The van der Waals surface area contributed by atoms with Crippen LogP contribution in [0.3, 0.4) is 0 Å². The molecule has 0 spiro atoms. The van der Waals surface area contributed by atoms with Crippen LogP contribution < -0.4 is 10.2 Å². The molecule has 1 aromatic carbocycles. The van der Waals surface area contributed by atoms with Gasteiger partial charge in [-0.25, -0.2) is 4.98 Å². The van der Waals surface area contributed by atoms with Crippen molar-refractivity contribution < 1.29 is 4.92 Å². The number of benzene rings is 1. The SMILES string of the molecule is Cl.O=[N+]([O-])c1cnc(N2CC[C@H](NCc3ccc(Cl)cc3Cl)C2)s1. The number of halogens is 3. The molecular formula is C14H15Cl3N4O2S. The first kappa shape index (κ1) is 19.2. The van der Waals surface area contributed by atoms with Crippen LogP contribution in [0.2, 0.25) is 10.0 Å². The molecule has 0 aliphatic carbocycles. The highest BCUT2D eigenvalue weighted by Gasteiger charge is 2.26. The number of hydrogen-bond acceptors (Lipinski definition) is 6. The molecule has 0 amide bonds. The Morgan fingerprint density at radius 2 is 2.25 bits per heavy atom. The van der Waals surface area contributed by atoms with Gasteiger partial charge in [0.1, 0.15) is 6.20 Å². The minimum Gasteiger partial charge on any atom is -0.346 e. The molecule has 1 fully saturated rings. The Morgan fingerprint density at radius 1 is 1.46 bits per heavy atom. The summed E-state index contributed by atoms with van der Waals surface area (Å²) in [5.41, 5.74) is 0.999. The fourth-order valence-corrected chi connectivity index (χ4v) is 3.75. The van der Waals surface area contributed by atoms with E-state index in [1.165, 1.54) is 6.20 Å². The molecule has 0 radical (unpaired) electrons. The van der Waals surface area contributed by atoms with Gasteiger partial charge >= 0.3 is 5.00 Å². The van der Waals surface area contributed by atoms with Crippen LogP contribution in [0.1, 0.15) is 12.0 Å². The van der Waals surface area contributed by atoms with Gasteiger partial charge < -0.3 is 10.2 Å².